The Kier molecular flexibility index (Phi) is 6.91. The topological polar surface area (TPSA) is 93.2 Å². The van der Waals surface area contributed by atoms with Crippen LogP contribution in [-0.2, 0) is 13.0 Å². The van der Waals surface area contributed by atoms with Crippen LogP contribution in [0.5, 0.6) is 5.75 Å². The fraction of sp³-hybridized carbons (Fsp3) is 0.238. The lowest BCUT2D eigenvalue weighted by Gasteiger charge is -2.09. The summed E-state index contributed by atoms with van der Waals surface area (Å²) in [5.41, 5.74) is 1.95. The number of aromatic nitrogens is 2. The molecule has 0 unspecified atom stereocenters. The van der Waals surface area contributed by atoms with Crippen LogP contribution in [0.3, 0.4) is 0 Å². The molecule has 1 aromatic heterocycles. The van der Waals surface area contributed by atoms with Crippen molar-refractivity contribution >= 4 is 28.8 Å². The van der Waals surface area contributed by atoms with E-state index in [0.717, 1.165) is 22.7 Å². The molecule has 0 aliphatic carbocycles. The summed E-state index contributed by atoms with van der Waals surface area (Å²) in [5.74, 6) is 0.237. The zero-order chi connectivity index (χ0) is 20.6. The predicted octanol–water partition coefficient (Wildman–Crippen LogP) is 3.68. The van der Waals surface area contributed by atoms with E-state index in [2.05, 4.69) is 20.8 Å². The number of nitrogens with zero attached hydrogens (tertiary/aromatic N) is 2. The van der Waals surface area contributed by atoms with Gasteiger partial charge in [0.2, 0.25) is 5.01 Å². The molecule has 0 saturated carbocycles. The Labute approximate surface area is 173 Å². The number of ether oxygens (including phenoxy) is 1. The van der Waals surface area contributed by atoms with Gasteiger partial charge in [-0.1, -0.05) is 36.5 Å². The van der Waals surface area contributed by atoms with Gasteiger partial charge in [-0.25, -0.2) is 0 Å². The molecule has 2 amide bonds. The zero-order valence-corrected chi connectivity index (χ0v) is 17.1. The van der Waals surface area contributed by atoms with Gasteiger partial charge >= 0.3 is 0 Å². The van der Waals surface area contributed by atoms with Crippen LogP contribution < -0.4 is 15.4 Å². The normalized spacial score (nSPS) is 10.4. The summed E-state index contributed by atoms with van der Waals surface area (Å²) < 4.78 is 5.41. The lowest BCUT2D eigenvalue weighted by atomic mass is 10.1. The second-order valence-electron chi connectivity index (χ2n) is 6.15. The fourth-order valence-corrected chi connectivity index (χ4v) is 3.24. The highest BCUT2D eigenvalue weighted by molar-refractivity contribution is 7.13. The highest BCUT2D eigenvalue weighted by Gasteiger charge is 2.13. The molecule has 8 heteroatoms. The summed E-state index contributed by atoms with van der Waals surface area (Å²) >= 11 is 1.26. The molecule has 0 saturated heterocycles. The maximum Gasteiger partial charge on any atom is 0.286 e. The van der Waals surface area contributed by atoms with Gasteiger partial charge in [0.25, 0.3) is 11.8 Å². The molecule has 150 valence electrons. The molecule has 0 bridgehead atoms. The van der Waals surface area contributed by atoms with E-state index in [1.165, 1.54) is 11.3 Å². The van der Waals surface area contributed by atoms with Gasteiger partial charge in [-0.15, -0.1) is 10.2 Å². The molecule has 0 fully saturated rings. The first-order valence-corrected chi connectivity index (χ1v) is 10.1. The molecule has 2 aromatic carbocycles. The van der Waals surface area contributed by atoms with Crippen molar-refractivity contribution < 1.29 is 14.3 Å². The Morgan fingerprint density at radius 2 is 1.83 bits per heavy atom. The van der Waals surface area contributed by atoms with Crippen LogP contribution in [0.1, 0.15) is 44.6 Å². The molecule has 3 aromatic rings. The third kappa shape index (κ3) is 5.61. The minimum Gasteiger partial charge on any atom is -0.494 e. The van der Waals surface area contributed by atoms with Crippen molar-refractivity contribution in [3.8, 4) is 5.75 Å². The highest BCUT2D eigenvalue weighted by atomic mass is 32.1. The van der Waals surface area contributed by atoms with Crippen molar-refractivity contribution in [3.63, 3.8) is 0 Å². The van der Waals surface area contributed by atoms with Crippen LogP contribution in [0.25, 0.3) is 0 Å². The number of aryl methyl sites for hydroxylation is 1. The third-order valence-corrected chi connectivity index (χ3v) is 5.10. The SMILES string of the molecule is CCOc1ccc(CNC(=O)c2cccc(NC(=O)c3nnc(CC)s3)c2)cc1. The molecule has 2 N–H and O–H groups in total. The van der Waals surface area contributed by atoms with E-state index < -0.39 is 0 Å². The summed E-state index contributed by atoms with van der Waals surface area (Å²) in [7, 11) is 0. The Balaban J connectivity index is 1.59. The number of amides is 2. The third-order valence-electron chi connectivity index (χ3n) is 4.03. The smallest absolute Gasteiger partial charge is 0.286 e. The van der Waals surface area contributed by atoms with Crippen LogP contribution in [0.4, 0.5) is 5.69 Å². The Hall–Kier alpha value is -3.26. The van der Waals surface area contributed by atoms with Gasteiger partial charge in [0, 0.05) is 17.8 Å². The predicted molar refractivity (Wildman–Crippen MR) is 112 cm³/mol. The second-order valence-corrected chi connectivity index (χ2v) is 7.21. The molecular weight excluding hydrogens is 388 g/mol. The van der Waals surface area contributed by atoms with Crippen LogP contribution in [-0.4, -0.2) is 28.6 Å². The van der Waals surface area contributed by atoms with Crippen LogP contribution in [0.15, 0.2) is 48.5 Å². The Morgan fingerprint density at radius 3 is 2.52 bits per heavy atom. The monoisotopic (exact) mass is 410 g/mol. The summed E-state index contributed by atoms with van der Waals surface area (Å²) in [6.07, 6.45) is 0.731. The van der Waals surface area contributed by atoms with Crippen LogP contribution in [0.2, 0.25) is 0 Å². The second kappa shape index (κ2) is 9.79. The standard InChI is InChI=1S/C21H22N4O3S/c1-3-18-24-25-21(29-18)20(27)23-16-7-5-6-15(12-16)19(26)22-13-14-8-10-17(11-9-14)28-4-2/h5-12H,3-4,13H2,1-2H3,(H,22,26)(H,23,27). The van der Waals surface area contributed by atoms with E-state index >= 15 is 0 Å². The minimum atomic E-state index is -0.339. The number of carbonyl (C=O) groups is 2. The molecule has 29 heavy (non-hydrogen) atoms. The summed E-state index contributed by atoms with van der Waals surface area (Å²) in [6, 6.07) is 14.3. The van der Waals surface area contributed by atoms with Gasteiger partial charge in [-0.05, 0) is 49.2 Å². The van der Waals surface area contributed by atoms with E-state index in [9.17, 15) is 9.59 Å². The fourth-order valence-electron chi connectivity index (χ4n) is 2.57. The number of hydrogen-bond acceptors (Lipinski definition) is 6. The summed E-state index contributed by atoms with van der Waals surface area (Å²) in [5, 5.41) is 14.6. The number of anilines is 1. The average Bonchev–Trinajstić information content (AvgIpc) is 3.23. The highest BCUT2D eigenvalue weighted by Crippen LogP contribution is 2.16. The Bertz CT molecular complexity index is 986. The molecular formula is C21H22N4O3S. The maximum absolute atomic E-state index is 12.5. The summed E-state index contributed by atoms with van der Waals surface area (Å²) in [6.45, 7) is 4.90. The van der Waals surface area contributed by atoms with Gasteiger partial charge in [0.15, 0.2) is 0 Å². The number of carbonyl (C=O) groups excluding carboxylic acids is 2. The molecule has 0 radical (unpaired) electrons. The first-order chi connectivity index (χ1) is 14.1. The van der Waals surface area contributed by atoms with Crippen molar-refractivity contribution in [2.45, 2.75) is 26.8 Å². The van der Waals surface area contributed by atoms with Gasteiger partial charge in [0.1, 0.15) is 10.8 Å². The summed E-state index contributed by atoms with van der Waals surface area (Å²) in [4.78, 5) is 24.8. The van der Waals surface area contributed by atoms with Gasteiger partial charge in [-0.2, -0.15) is 0 Å². The quantitative estimate of drug-likeness (QED) is 0.591. The molecule has 1 heterocycles. The maximum atomic E-state index is 12.5. The van der Waals surface area contributed by atoms with Crippen molar-refractivity contribution in [1.82, 2.24) is 15.5 Å². The lowest BCUT2D eigenvalue weighted by molar-refractivity contribution is 0.0949. The zero-order valence-electron chi connectivity index (χ0n) is 16.3. The van der Waals surface area contributed by atoms with Gasteiger partial charge in [0.05, 0.1) is 6.61 Å². The van der Waals surface area contributed by atoms with E-state index in [1.807, 2.05) is 38.1 Å². The number of rotatable bonds is 8. The van der Waals surface area contributed by atoms with Crippen LogP contribution >= 0.6 is 11.3 Å². The first-order valence-electron chi connectivity index (χ1n) is 9.32. The van der Waals surface area contributed by atoms with Crippen molar-refractivity contribution in [1.29, 1.82) is 0 Å². The average molecular weight is 410 g/mol. The van der Waals surface area contributed by atoms with Crippen molar-refractivity contribution in [3.05, 3.63) is 69.7 Å². The molecule has 0 spiro atoms. The van der Waals surface area contributed by atoms with Gasteiger partial charge < -0.3 is 15.4 Å². The lowest BCUT2D eigenvalue weighted by Crippen LogP contribution is -2.23. The molecule has 3 rings (SSSR count). The van der Waals surface area contributed by atoms with E-state index in [1.54, 1.807) is 24.3 Å². The number of benzene rings is 2. The largest absolute Gasteiger partial charge is 0.494 e. The van der Waals surface area contributed by atoms with Gasteiger partial charge in [-0.3, -0.25) is 9.59 Å². The number of hydrogen-bond donors (Lipinski definition) is 2. The van der Waals surface area contributed by atoms with Crippen LogP contribution in [0, 0.1) is 0 Å². The first kappa shape index (κ1) is 20.5. The number of nitrogens with one attached hydrogen (secondary N) is 2. The molecule has 7 nitrogen and oxygen atoms in total. The molecule has 0 atom stereocenters. The molecule has 0 aliphatic heterocycles. The van der Waals surface area contributed by atoms with E-state index in [4.69, 9.17) is 4.74 Å². The van der Waals surface area contributed by atoms with E-state index in [-0.39, 0.29) is 11.8 Å². The van der Waals surface area contributed by atoms with Crippen molar-refractivity contribution in [2.75, 3.05) is 11.9 Å². The minimum absolute atomic E-state index is 0.223. The molecule has 0 aliphatic rings. The Morgan fingerprint density at radius 1 is 1.03 bits per heavy atom. The van der Waals surface area contributed by atoms with E-state index in [0.29, 0.717) is 29.4 Å². The van der Waals surface area contributed by atoms with Crippen molar-refractivity contribution in [2.24, 2.45) is 0 Å².